The third kappa shape index (κ3) is 2.94. The molecule has 0 bridgehead atoms. The van der Waals surface area contributed by atoms with Crippen LogP contribution < -0.4 is 4.74 Å². The summed E-state index contributed by atoms with van der Waals surface area (Å²) >= 11 is 0. The van der Waals surface area contributed by atoms with Crippen LogP contribution in [0.4, 0.5) is 4.39 Å². The lowest BCUT2D eigenvalue weighted by atomic mass is 9.84. The number of halogens is 1. The minimum Gasteiger partial charge on any atom is -0.490 e. The van der Waals surface area contributed by atoms with E-state index in [1.807, 2.05) is 6.07 Å². The minimum absolute atomic E-state index is 0.225. The topological polar surface area (TPSA) is 22.1 Å². The van der Waals surface area contributed by atoms with Gasteiger partial charge in [-0.3, -0.25) is 4.98 Å². The van der Waals surface area contributed by atoms with E-state index in [1.165, 1.54) is 18.6 Å². The predicted molar refractivity (Wildman–Crippen MR) is 87.5 cm³/mol. The van der Waals surface area contributed by atoms with Crippen molar-refractivity contribution >= 4 is 10.9 Å². The summed E-state index contributed by atoms with van der Waals surface area (Å²) in [5, 5.41) is 0.766. The molecule has 1 fully saturated rings. The highest BCUT2D eigenvalue weighted by molar-refractivity contribution is 5.84. The molecular weight excluding hydrogens is 277 g/mol. The van der Waals surface area contributed by atoms with Gasteiger partial charge in [-0.2, -0.15) is 0 Å². The molecule has 4 atom stereocenters. The van der Waals surface area contributed by atoms with E-state index in [0.717, 1.165) is 41.3 Å². The fourth-order valence-electron chi connectivity index (χ4n) is 3.79. The van der Waals surface area contributed by atoms with Crippen LogP contribution in [-0.4, -0.2) is 11.1 Å². The Hall–Kier alpha value is -1.64. The van der Waals surface area contributed by atoms with Gasteiger partial charge in [0.05, 0.1) is 11.6 Å². The van der Waals surface area contributed by atoms with Gasteiger partial charge < -0.3 is 4.74 Å². The van der Waals surface area contributed by atoms with Crippen molar-refractivity contribution in [2.45, 2.75) is 46.1 Å². The number of hydrogen-bond donors (Lipinski definition) is 0. The summed E-state index contributed by atoms with van der Waals surface area (Å²) in [7, 11) is 0. The molecule has 1 heterocycles. The van der Waals surface area contributed by atoms with Crippen molar-refractivity contribution in [3.63, 3.8) is 0 Å². The second-order valence-electron chi connectivity index (χ2n) is 6.71. The summed E-state index contributed by atoms with van der Waals surface area (Å²) in [6.45, 7) is 6.91. The van der Waals surface area contributed by atoms with Crippen molar-refractivity contribution in [1.29, 1.82) is 0 Å². The molecule has 1 aromatic heterocycles. The maximum absolute atomic E-state index is 13.5. The zero-order valence-corrected chi connectivity index (χ0v) is 13.6. The Morgan fingerprint density at radius 1 is 1.32 bits per heavy atom. The van der Waals surface area contributed by atoms with Gasteiger partial charge in [0.15, 0.2) is 0 Å². The summed E-state index contributed by atoms with van der Waals surface area (Å²) in [5.41, 5.74) is 0.781. The van der Waals surface area contributed by atoms with Gasteiger partial charge in [-0.05, 0) is 54.9 Å². The largest absolute Gasteiger partial charge is 0.490 e. The molecule has 1 aliphatic rings. The number of aromatic nitrogens is 1. The zero-order valence-electron chi connectivity index (χ0n) is 13.6. The van der Waals surface area contributed by atoms with Gasteiger partial charge in [0.1, 0.15) is 11.6 Å². The highest BCUT2D eigenvalue weighted by atomic mass is 19.1. The molecule has 1 aliphatic carbocycles. The Balaban J connectivity index is 1.81. The lowest BCUT2D eigenvalue weighted by Crippen LogP contribution is -2.15. The van der Waals surface area contributed by atoms with Crippen LogP contribution >= 0.6 is 0 Å². The molecule has 0 N–H and O–H groups in total. The molecule has 3 rings (SSSR count). The van der Waals surface area contributed by atoms with Crippen molar-refractivity contribution in [1.82, 2.24) is 4.98 Å². The van der Waals surface area contributed by atoms with E-state index in [1.54, 1.807) is 12.3 Å². The van der Waals surface area contributed by atoms with Crippen molar-refractivity contribution in [3.05, 3.63) is 36.3 Å². The van der Waals surface area contributed by atoms with E-state index in [9.17, 15) is 4.39 Å². The van der Waals surface area contributed by atoms with Gasteiger partial charge in [0.25, 0.3) is 0 Å². The standard InChI is InChI=1S/C19H24FNO/c1-4-12(2)16-11-15(9-13(16)3)22-19-7-8-21-18-6-5-14(20)10-17(18)19/h5-8,10,12-13,15-16H,4,9,11H2,1-3H3. The fraction of sp³-hybridized carbons (Fsp3) is 0.526. The number of nitrogens with zero attached hydrogens (tertiary/aromatic N) is 1. The summed E-state index contributed by atoms with van der Waals surface area (Å²) in [5.74, 6) is 2.65. The number of hydrogen-bond acceptors (Lipinski definition) is 2. The van der Waals surface area contributed by atoms with E-state index in [-0.39, 0.29) is 11.9 Å². The molecule has 0 spiro atoms. The Kier molecular flexibility index (Phi) is 4.32. The summed E-state index contributed by atoms with van der Waals surface area (Å²) in [4.78, 5) is 4.28. The first-order valence-electron chi connectivity index (χ1n) is 8.29. The van der Waals surface area contributed by atoms with Crippen molar-refractivity contribution in [2.24, 2.45) is 17.8 Å². The van der Waals surface area contributed by atoms with E-state index >= 15 is 0 Å². The highest BCUT2D eigenvalue weighted by Gasteiger charge is 2.35. The van der Waals surface area contributed by atoms with Crippen molar-refractivity contribution in [2.75, 3.05) is 0 Å². The molecule has 1 saturated carbocycles. The van der Waals surface area contributed by atoms with Crippen LogP contribution in [0.15, 0.2) is 30.5 Å². The third-order valence-corrected chi connectivity index (χ3v) is 5.23. The maximum atomic E-state index is 13.5. The highest BCUT2D eigenvalue weighted by Crippen LogP contribution is 2.40. The first-order chi connectivity index (χ1) is 10.6. The number of ether oxygens (including phenoxy) is 1. The van der Waals surface area contributed by atoms with E-state index in [2.05, 4.69) is 25.8 Å². The number of fused-ring (bicyclic) bond motifs is 1. The Morgan fingerprint density at radius 2 is 2.14 bits per heavy atom. The van der Waals surface area contributed by atoms with Gasteiger partial charge >= 0.3 is 0 Å². The van der Waals surface area contributed by atoms with Gasteiger partial charge in [-0.15, -0.1) is 0 Å². The molecule has 22 heavy (non-hydrogen) atoms. The van der Waals surface area contributed by atoms with Crippen LogP contribution in [0.2, 0.25) is 0 Å². The molecule has 0 saturated heterocycles. The average Bonchev–Trinajstić information content (AvgIpc) is 2.88. The molecule has 0 aliphatic heterocycles. The smallest absolute Gasteiger partial charge is 0.130 e. The molecule has 0 amide bonds. The van der Waals surface area contributed by atoms with Crippen LogP contribution in [0, 0.1) is 23.6 Å². The van der Waals surface area contributed by atoms with E-state index in [4.69, 9.17) is 4.74 Å². The molecule has 3 heteroatoms. The summed E-state index contributed by atoms with van der Waals surface area (Å²) in [6, 6.07) is 6.51. The van der Waals surface area contributed by atoms with Crippen molar-refractivity contribution in [3.8, 4) is 5.75 Å². The first kappa shape index (κ1) is 15.3. The molecule has 118 valence electrons. The van der Waals surface area contributed by atoms with Gasteiger partial charge in [0, 0.05) is 11.6 Å². The Bertz CT molecular complexity index is 657. The monoisotopic (exact) mass is 301 g/mol. The minimum atomic E-state index is -0.248. The quantitative estimate of drug-likeness (QED) is 0.773. The fourth-order valence-corrected chi connectivity index (χ4v) is 3.79. The third-order valence-electron chi connectivity index (χ3n) is 5.23. The summed E-state index contributed by atoms with van der Waals surface area (Å²) in [6.07, 6.45) is 5.34. The lowest BCUT2D eigenvalue weighted by Gasteiger charge is -2.21. The van der Waals surface area contributed by atoms with Crippen LogP contribution in [0.3, 0.4) is 0 Å². The molecule has 0 radical (unpaired) electrons. The Labute approximate surface area is 131 Å². The SMILES string of the molecule is CCC(C)C1CC(Oc2ccnc3ccc(F)cc23)CC1C. The van der Waals surface area contributed by atoms with Gasteiger partial charge in [0.2, 0.25) is 0 Å². The number of benzene rings is 1. The van der Waals surface area contributed by atoms with Gasteiger partial charge in [-0.25, -0.2) is 4.39 Å². The molecule has 1 aromatic carbocycles. The number of rotatable bonds is 4. The zero-order chi connectivity index (χ0) is 15.7. The van der Waals surface area contributed by atoms with Crippen LogP contribution in [0.5, 0.6) is 5.75 Å². The maximum Gasteiger partial charge on any atom is 0.130 e. The first-order valence-corrected chi connectivity index (χ1v) is 8.29. The van der Waals surface area contributed by atoms with Crippen LogP contribution in [0.25, 0.3) is 10.9 Å². The molecule has 2 aromatic rings. The second-order valence-corrected chi connectivity index (χ2v) is 6.71. The van der Waals surface area contributed by atoms with E-state index in [0.29, 0.717) is 5.92 Å². The predicted octanol–water partition coefficient (Wildman–Crippen LogP) is 5.21. The van der Waals surface area contributed by atoms with Crippen LogP contribution in [-0.2, 0) is 0 Å². The van der Waals surface area contributed by atoms with Gasteiger partial charge in [-0.1, -0.05) is 27.2 Å². The molecule has 2 nitrogen and oxygen atoms in total. The number of pyridine rings is 1. The van der Waals surface area contributed by atoms with E-state index < -0.39 is 0 Å². The second kappa shape index (κ2) is 6.23. The summed E-state index contributed by atoms with van der Waals surface area (Å²) < 4.78 is 19.8. The molecule has 4 unspecified atom stereocenters. The normalized spacial score (nSPS) is 26.3. The molecular formula is C19H24FNO. The van der Waals surface area contributed by atoms with Crippen LogP contribution in [0.1, 0.15) is 40.0 Å². The average molecular weight is 301 g/mol. The lowest BCUT2D eigenvalue weighted by molar-refractivity contribution is 0.199. The van der Waals surface area contributed by atoms with Crippen molar-refractivity contribution < 1.29 is 9.13 Å². The Morgan fingerprint density at radius 3 is 2.91 bits per heavy atom.